The molecule has 5 heteroatoms. The summed E-state index contributed by atoms with van der Waals surface area (Å²) in [6, 6.07) is 23.3. The van der Waals surface area contributed by atoms with Crippen molar-refractivity contribution in [1.82, 2.24) is 10.2 Å². The number of nitrogens with one attached hydrogen (secondary N) is 1. The molecule has 1 aliphatic heterocycles. The minimum absolute atomic E-state index is 0.0226. The summed E-state index contributed by atoms with van der Waals surface area (Å²) in [5.41, 5.74) is 3.09. The third-order valence-electron chi connectivity index (χ3n) is 6.01. The maximum absolute atomic E-state index is 12.4. The Morgan fingerprint density at radius 2 is 1.90 bits per heavy atom. The number of amides is 1. The highest BCUT2D eigenvalue weighted by molar-refractivity contribution is 5.94. The highest BCUT2D eigenvalue weighted by Gasteiger charge is 2.25. The molecule has 0 saturated carbocycles. The minimum atomic E-state index is 0.0226. The number of ether oxygens (including phenoxy) is 1. The number of rotatable bonds is 6. The molecule has 162 valence electrons. The van der Waals surface area contributed by atoms with Crippen LogP contribution in [0.1, 0.15) is 28.9 Å². The number of anilines is 1. The Morgan fingerprint density at radius 1 is 1.13 bits per heavy atom. The fourth-order valence-corrected chi connectivity index (χ4v) is 4.29. The lowest BCUT2D eigenvalue weighted by molar-refractivity contribution is 0.0827. The van der Waals surface area contributed by atoms with E-state index < -0.39 is 0 Å². The van der Waals surface area contributed by atoms with Gasteiger partial charge in [-0.2, -0.15) is 0 Å². The van der Waals surface area contributed by atoms with Crippen molar-refractivity contribution >= 4 is 22.4 Å². The summed E-state index contributed by atoms with van der Waals surface area (Å²) in [5, 5.41) is 6.27. The summed E-state index contributed by atoms with van der Waals surface area (Å²) >= 11 is 0. The maximum atomic E-state index is 12.4. The molecule has 3 aromatic rings. The molecule has 1 heterocycles. The van der Waals surface area contributed by atoms with Gasteiger partial charge in [-0.05, 0) is 41.5 Å². The van der Waals surface area contributed by atoms with Crippen molar-refractivity contribution in [2.75, 3.05) is 45.3 Å². The van der Waals surface area contributed by atoms with Crippen LogP contribution in [0.5, 0.6) is 0 Å². The molecule has 1 N–H and O–H groups in total. The molecule has 5 nitrogen and oxygen atoms in total. The molecule has 0 aliphatic carbocycles. The van der Waals surface area contributed by atoms with E-state index in [4.69, 9.17) is 4.74 Å². The number of nitrogens with zero attached hydrogens (tertiary/aromatic N) is 2. The first-order valence-corrected chi connectivity index (χ1v) is 10.9. The molecule has 1 saturated heterocycles. The predicted molar refractivity (Wildman–Crippen MR) is 127 cm³/mol. The van der Waals surface area contributed by atoms with E-state index in [1.807, 2.05) is 18.2 Å². The average molecular weight is 418 g/mol. The number of fused-ring (bicyclic) bond motifs is 1. The van der Waals surface area contributed by atoms with Gasteiger partial charge in [0.1, 0.15) is 0 Å². The smallest absolute Gasteiger partial charge is 0.253 e. The fourth-order valence-electron chi connectivity index (χ4n) is 4.29. The summed E-state index contributed by atoms with van der Waals surface area (Å²) in [7, 11) is 3.57. The average Bonchev–Trinajstić information content (AvgIpc) is 2.82. The number of benzene rings is 3. The first-order valence-electron chi connectivity index (χ1n) is 10.9. The number of hydrogen-bond donors (Lipinski definition) is 1. The molecule has 1 aliphatic rings. The van der Waals surface area contributed by atoms with Gasteiger partial charge in [-0.25, -0.2) is 0 Å². The Morgan fingerprint density at radius 3 is 2.74 bits per heavy atom. The molecule has 0 bridgehead atoms. The van der Waals surface area contributed by atoms with Gasteiger partial charge in [-0.15, -0.1) is 0 Å². The zero-order valence-corrected chi connectivity index (χ0v) is 18.5. The van der Waals surface area contributed by atoms with Crippen LogP contribution in [0, 0.1) is 0 Å². The molecule has 0 spiro atoms. The second-order valence-corrected chi connectivity index (χ2v) is 8.37. The van der Waals surface area contributed by atoms with Crippen molar-refractivity contribution in [2.45, 2.75) is 19.0 Å². The van der Waals surface area contributed by atoms with Gasteiger partial charge >= 0.3 is 0 Å². The molecule has 3 aromatic carbocycles. The zero-order chi connectivity index (χ0) is 21.8. The normalized spacial score (nSPS) is 17.5. The van der Waals surface area contributed by atoms with Gasteiger partial charge in [0.25, 0.3) is 5.91 Å². The van der Waals surface area contributed by atoms with Crippen LogP contribution >= 0.6 is 0 Å². The van der Waals surface area contributed by atoms with E-state index in [1.54, 1.807) is 19.0 Å². The number of hydrogen-bond acceptors (Lipinski definition) is 4. The highest BCUT2D eigenvalue weighted by atomic mass is 16.5. The zero-order valence-electron chi connectivity index (χ0n) is 18.5. The third-order valence-corrected chi connectivity index (χ3v) is 6.01. The molecular formula is C26H31N3O2. The van der Waals surface area contributed by atoms with Gasteiger partial charge in [0.2, 0.25) is 0 Å². The topological polar surface area (TPSA) is 44.8 Å². The first kappa shape index (κ1) is 21.3. The van der Waals surface area contributed by atoms with Crippen LogP contribution in [0.3, 0.4) is 0 Å². The van der Waals surface area contributed by atoms with Crippen molar-refractivity contribution in [3.05, 3.63) is 77.9 Å². The minimum Gasteiger partial charge on any atom is -0.377 e. The van der Waals surface area contributed by atoms with Gasteiger partial charge < -0.3 is 19.9 Å². The predicted octanol–water partition coefficient (Wildman–Crippen LogP) is 4.10. The lowest BCUT2D eigenvalue weighted by Crippen LogP contribution is -2.51. The highest BCUT2D eigenvalue weighted by Crippen LogP contribution is 2.25. The second-order valence-electron chi connectivity index (χ2n) is 8.37. The van der Waals surface area contributed by atoms with Crippen LogP contribution in [0.15, 0.2) is 66.7 Å². The molecule has 4 rings (SSSR count). The summed E-state index contributed by atoms with van der Waals surface area (Å²) < 4.78 is 5.80. The maximum Gasteiger partial charge on any atom is 0.253 e. The van der Waals surface area contributed by atoms with E-state index in [1.165, 1.54) is 16.3 Å². The van der Waals surface area contributed by atoms with Gasteiger partial charge in [-0.1, -0.05) is 48.5 Å². The fraction of sp³-hybridized carbons (Fsp3) is 0.346. The molecular weight excluding hydrogens is 386 g/mol. The standard InChI is InChI=1S/C26H31N3O2/c1-19(24-13-7-9-20-8-4-5-12-25(20)24)27-17-23-18-31-15-14-29(23)22-11-6-10-21(16-22)26(30)28(2)3/h4-13,16,19,23,27H,14-15,17-18H2,1-3H3/t19-,23?/m1/s1. The number of carbonyl (C=O) groups excluding carboxylic acids is 1. The van der Waals surface area contributed by atoms with E-state index in [9.17, 15) is 4.79 Å². The largest absolute Gasteiger partial charge is 0.377 e. The molecule has 1 unspecified atom stereocenters. The summed E-state index contributed by atoms with van der Waals surface area (Å²) in [6.45, 7) is 5.19. The van der Waals surface area contributed by atoms with Gasteiger partial charge in [0.05, 0.1) is 19.3 Å². The molecule has 0 aromatic heterocycles. The van der Waals surface area contributed by atoms with Crippen LogP contribution < -0.4 is 10.2 Å². The van der Waals surface area contributed by atoms with Crippen LogP contribution in [0.4, 0.5) is 5.69 Å². The number of morpholine rings is 1. The van der Waals surface area contributed by atoms with E-state index in [0.29, 0.717) is 18.8 Å². The summed E-state index contributed by atoms with van der Waals surface area (Å²) in [6.07, 6.45) is 0. The van der Waals surface area contributed by atoms with Crippen molar-refractivity contribution in [1.29, 1.82) is 0 Å². The van der Waals surface area contributed by atoms with Crippen LogP contribution in [-0.2, 0) is 4.74 Å². The third kappa shape index (κ3) is 4.73. The van der Waals surface area contributed by atoms with Crippen molar-refractivity contribution in [2.24, 2.45) is 0 Å². The SMILES string of the molecule is C[C@@H](NCC1COCCN1c1cccc(C(=O)N(C)C)c1)c1cccc2ccccc12. The first-order chi connectivity index (χ1) is 15.0. The molecule has 1 amide bonds. The summed E-state index contributed by atoms with van der Waals surface area (Å²) in [4.78, 5) is 16.4. The van der Waals surface area contributed by atoms with E-state index in [2.05, 4.69) is 65.7 Å². The van der Waals surface area contributed by atoms with Gasteiger partial charge in [0.15, 0.2) is 0 Å². The van der Waals surface area contributed by atoms with Crippen LogP contribution in [0.2, 0.25) is 0 Å². The quantitative estimate of drug-likeness (QED) is 0.656. The monoisotopic (exact) mass is 417 g/mol. The Bertz CT molecular complexity index is 1040. The number of carbonyl (C=O) groups is 1. The molecule has 31 heavy (non-hydrogen) atoms. The Hall–Kier alpha value is -2.89. The van der Waals surface area contributed by atoms with Crippen molar-refractivity contribution in [3.63, 3.8) is 0 Å². The van der Waals surface area contributed by atoms with Gasteiger partial charge in [-0.3, -0.25) is 4.79 Å². The lowest BCUT2D eigenvalue weighted by Gasteiger charge is -2.38. The molecule has 0 radical (unpaired) electrons. The van der Waals surface area contributed by atoms with E-state index in [-0.39, 0.29) is 18.0 Å². The van der Waals surface area contributed by atoms with E-state index >= 15 is 0 Å². The van der Waals surface area contributed by atoms with Crippen molar-refractivity contribution < 1.29 is 9.53 Å². The van der Waals surface area contributed by atoms with Crippen molar-refractivity contribution in [3.8, 4) is 0 Å². The van der Waals surface area contributed by atoms with Crippen LogP contribution in [-0.4, -0.2) is 57.2 Å². The lowest BCUT2D eigenvalue weighted by atomic mass is 9.99. The van der Waals surface area contributed by atoms with E-state index in [0.717, 1.165) is 18.8 Å². The molecule has 2 atom stereocenters. The molecule has 1 fully saturated rings. The Labute approximate surface area is 184 Å². The Balaban J connectivity index is 1.50. The van der Waals surface area contributed by atoms with Gasteiger partial charge in [0, 0.05) is 44.5 Å². The summed E-state index contributed by atoms with van der Waals surface area (Å²) in [5.74, 6) is 0.0226. The Kier molecular flexibility index (Phi) is 6.54. The van der Waals surface area contributed by atoms with Crippen LogP contribution in [0.25, 0.3) is 10.8 Å². The second kappa shape index (κ2) is 9.50.